The molecule has 10 heteroatoms. The van der Waals surface area contributed by atoms with Gasteiger partial charge < -0.3 is 10.2 Å². The number of anilines is 1. The Morgan fingerprint density at radius 3 is 2.20 bits per heavy atom. The van der Waals surface area contributed by atoms with Crippen molar-refractivity contribution in [2.24, 2.45) is 0 Å². The highest BCUT2D eigenvalue weighted by Crippen LogP contribution is 2.32. The Hall–Kier alpha value is -2.49. The summed E-state index contributed by atoms with van der Waals surface area (Å²) in [6.07, 6.45) is 4.78. The highest BCUT2D eigenvalue weighted by atomic mass is 32.1. The van der Waals surface area contributed by atoms with Gasteiger partial charge in [-0.3, -0.25) is 9.59 Å². The van der Waals surface area contributed by atoms with Gasteiger partial charge in [-0.25, -0.2) is 0 Å². The van der Waals surface area contributed by atoms with Gasteiger partial charge in [0.15, 0.2) is 0 Å². The summed E-state index contributed by atoms with van der Waals surface area (Å²) >= 11 is 1.09. The van der Waals surface area contributed by atoms with Crippen LogP contribution in [0.3, 0.4) is 0 Å². The lowest BCUT2D eigenvalue weighted by Crippen LogP contribution is -2.34. The van der Waals surface area contributed by atoms with Crippen molar-refractivity contribution in [3.8, 4) is 10.6 Å². The second-order valence-corrected chi connectivity index (χ2v) is 9.52. The maximum atomic E-state index is 12.7. The molecule has 2 amide bonds. The van der Waals surface area contributed by atoms with Gasteiger partial charge in [0.2, 0.25) is 16.9 Å². The SMILES string of the molecule is CCCCCCCCC(=O)N(CCCC)CCC(=O)Nc1nnc(-c2ccc(C(F)(F)F)cc2)s1. The molecule has 6 nitrogen and oxygen atoms in total. The zero-order valence-electron chi connectivity index (χ0n) is 20.5. The van der Waals surface area contributed by atoms with Gasteiger partial charge in [-0.15, -0.1) is 10.2 Å². The van der Waals surface area contributed by atoms with Crippen molar-refractivity contribution in [2.75, 3.05) is 18.4 Å². The normalized spacial score (nSPS) is 11.5. The van der Waals surface area contributed by atoms with E-state index in [0.29, 0.717) is 30.1 Å². The molecule has 1 aromatic heterocycles. The van der Waals surface area contributed by atoms with Crippen LogP contribution in [0.5, 0.6) is 0 Å². The molecule has 194 valence electrons. The molecule has 0 saturated heterocycles. The van der Waals surface area contributed by atoms with E-state index in [9.17, 15) is 22.8 Å². The van der Waals surface area contributed by atoms with Gasteiger partial charge in [0.1, 0.15) is 5.01 Å². The summed E-state index contributed by atoms with van der Waals surface area (Å²) < 4.78 is 38.2. The average molecular weight is 513 g/mol. The van der Waals surface area contributed by atoms with Crippen LogP contribution < -0.4 is 5.32 Å². The molecule has 1 N–H and O–H groups in total. The molecule has 1 heterocycles. The number of halogens is 3. The number of rotatable bonds is 15. The zero-order valence-corrected chi connectivity index (χ0v) is 21.3. The van der Waals surface area contributed by atoms with E-state index in [-0.39, 0.29) is 23.4 Å². The number of benzene rings is 1. The van der Waals surface area contributed by atoms with E-state index < -0.39 is 11.7 Å². The monoisotopic (exact) mass is 512 g/mol. The molecule has 35 heavy (non-hydrogen) atoms. The summed E-state index contributed by atoms with van der Waals surface area (Å²) in [4.78, 5) is 26.9. The molecule has 0 aliphatic heterocycles. The lowest BCUT2D eigenvalue weighted by molar-refractivity contribution is -0.137. The molecule has 2 aromatic rings. The van der Waals surface area contributed by atoms with Crippen LogP contribution in [0.2, 0.25) is 0 Å². The zero-order chi connectivity index (χ0) is 25.7. The molecule has 2 rings (SSSR count). The van der Waals surface area contributed by atoms with Crippen LogP contribution in [-0.4, -0.2) is 40.0 Å². The smallest absolute Gasteiger partial charge is 0.342 e. The fraction of sp³-hybridized carbons (Fsp3) is 0.600. The van der Waals surface area contributed by atoms with Gasteiger partial charge in [-0.1, -0.05) is 75.8 Å². The van der Waals surface area contributed by atoms with Crippen LogP contribution in [0.15, 0.2) is 24.3 Å². The Balaban J connectivity index is 1.84. The maximum absolute atomic E-state index is 12.7. The third-order valence-corrected chi connectivity index (χ3v) is 6.51. The van der Waals surface area contributed by atoms with E-state index >= 15 is 0 Å². The van der Waals surface area contributed by atoms with Crippen LogP contribution in [0.25, 0.3) is 10.6 Å². The number of aromatic nitrogens is 2. The van der Waals surface area contributed by atoms with Crippen molar-refractivity contribution in [2.45, 2.75) is 84.2 Å². The minimum Gasteiger partial charge on any atom is -0.342 e. The van der Waals surface area contributed by atoms with Gasteiger partial charge in [0.25, 0.3) is 0 Å². The van der Waals surface area contributed by atoms with Gasteiger partial charge >= 0.3 is 6.18 Å². The Kier molecular flexibility index (Phi) is 12.2. The number of hydrogen-bond acceptors (Lipinski definition) is 5. The fourth-order valence-electron chi connectivity index (χ4n) is 3.54. The van der Waals surface area contributed by atoms with E-state index in [1.165, 1.54) is 31.4 Å². The topological polar surface area (TPSA) is 75.2 Å². The van der Waals surface area contributed by atoms with Crippen molar-refractivity contribution in [1.82, 2.24) is 15.1 Å². The molecule has 0 unspecified atom stereocenters. The van der Waals surface area contributed by atoms with E-state index in [4.69, 9.17) is 0 Å². The van der Waals surface area contributed by atoms with E-state index in [1.54, 1.807) is 4.90 Å². The summed E-state index contributed by atoms with van der Waals surface area (Å²) in [6.45, 7) is 5.21. The molecule has 1 aromatic carbocycles. The van der Waals surface area contributed by atoms with E-state index in [0.717, 1.165) is 55.6 Å². The number of nitrogens with one attached hydrogen (secondary N) is 1. The molecule has 0 radical (unpaired) electrons. The van der Waals surface area contributed by atoms with Crippen molar-refractivity contribution in [3.05, 3.63) is 29.8 Å². The van der Waals surface area contributed by atoms with Crippen LogP contribution >= 0.6 is 11.3 Å². The van der Waals surface area contributed by atoms with Crippen LogP contribution in [0, 0.1) is 0 Å². The second-order valence-electron chi connectivity index (χ2n) is 8.54. The maximum Gasteiger partial charge on any atom is 0.416 e. The number of amides is 2. The Labute approximate surface area is 209 Å². The highest BCUT2D eigenvalue weighted by Gasteiger charge is 2.30. The minimum atomic E-state index is -4.40. The molecule has 0 saturated carbocycles. The third kappa shape index (κ3) is 10.3. The number of unbranched alkanes of at least 4 members (excludes halogenated alkanes) is 6. The molecule has 0 aliphatic carbocycles. The first-order valence-corrected chi connectivity index (χ1v) is 13.1. The molecular weight excluding hydrogens is 477 g/mol. The number of alkyl halides is 3. The Morgan fingerprint density at radius 1 is 0.886 bits per heavy atom. The largest absolute Gasteiger partial charge is 0.416 e. The average Bonchev–Trinajstić information content (AvgIpc) is 3.29. The third-order valence-electron chi connectivity index (χ3n) is 5.62. The summed E-state index contributed by atoms with van der Waals surface area (Å²) in [5.41, 5.74) is -0.250. The second kappa shape index (κ2) is 14.8. The van der Waals surface area contributed by atoms with Gasteiger partial charge in [-0.2, -0.15) is 13.2 Å². The van der Waals surface area contributed by atoms with Gasteiger partial charge in [-0.05, 0) is 25.0 Å². The number of nitrogens with zero attached hydrogens (tertiary/aromatic N) is 3. The van der Waals surface area contributed by atoms with Crippen LogP contribution in [0.4, 0.5) is 18.3 Å². The molecule has 0 spiro atoms. The molecule has 0 fully saturated rings. The number of carbonyl (C=O) groups excluding carboxylic acids is 2. The molecule has 0 atom stereocenters. The number of carbonyl (C=O) groups is 2. The predicted octanol–water partition coefficient (Wildman–Crippen LogP) is 6.93. The molecule has 0 bridgehead atoms. The van der Waals surface area contributed by atoms with Gasteiger partial charge in [0, 0.05) is 31.5 Å². The summed E-state index contributed by atoms with van der Waals surface area (Å²) in [7, 11) is 0. The fourth-order valence-corrected chi connectivity index (χ4v) is 4.30. The first kappa shape index (κ1) is 28.7. The summed E-state index contributed by atoms with van der Waals surface area (Å²) in [5, 5.41) is 11.2. The van der Waals surface area contributed by atoms with E-state index in [1.807, 2.05) is 0 Å². The Bertz CT molecular complexity index is 916. The summed E-state index contributed by atoms with van der Waals surface area (Å²) in [5.74, 6) is -0.198. The lowest BCUT2D eigenvalue weighted by atomic mass is 10.1. The Morgan fingerprint density at radius 2 is 1.54 bits per heavy atom. The van der Waals surface area contributed by atoms with Crippen molar-refractivity contribution < 1.29 is 22.8 Å². The van der Waals surface area contributed by atoms with Crippen molar-refractivity contribution >= 4 is 28.3 Å². The lowest BCUT2D eigenvalue weighted by Gasteiger charge is -2.22. The molecular formula is C25H35F3N4O2S. The van der Waals surface area contributed by atoms with Crippen LogP contribution in [-0.2, 0) is 15.8 Å². The first-order valence-electron chi connectivity index (χ1n) is 12.3. The van der Waals surface area contributed by atoms with Crippen molar-refractivity contribution in [1.29, 1.82) is 0 Å². The number of hydrogen-bond donors (Lipinski definition) is 1. The quantitative estimate of drug-likeness (QED) is 0.263. The van der Waals surface area contributed by atoms with E-state index in [2.05, 4.69) is 29.4 Å². The van der Waals surface area contributed by atoms with Gasteiger partial charge in [0.05, 0.1) is 5.56 Å². The summed E-state index contributed by atoms with van der Waals surface area (Å²) in [6, 6.07) is 4.64. The minimum absolute atomic E-state index is 0.0854. The van der Waals surface area contributed by atoms with Crippen molar-refractivity contribution in [3.63, 3.8) is 0 Å². The van der Waals surface area contributed by atoms with Crippen LogP contribution in [0.1, 0.15) is 83.6 Å². The predicted molar refractivity (Wildman–Crippen MR) is 133 cm³/mol. The first-order chi connectivity index (χ1) is 16.7. The highest BCUT2D eigenvalue weighted by molar-refractivity contribution is 7.18. The standard InChI is InChI=1S/C25H35F3N4O2S/c1-3-5-7-8-9-10-11-22(34)32(17-6-4-2)18-16-21(33)29-24-31-30-23(35-24)19-12-14-20(15-13-19)25(26,27)28/h12-15H,3-11,16-18H2,1-2H3,(H,29,31,33). The molecule has 0 aliphatic rings.